The first kappa shape index (κ1) is 14.1. The van der Waals surface area contributed by atoms with E-state index in [1.54, 1.807) is 6.92 Å². The van der Waals surface area contributed by atoms with E-state index < -0.39 is 11.9 Å². The molecule has 88 valence electrons. The Balaban J connectivity index is 3.77. The van der Waals surface area contributed by atoms with Crippen LogP contribution >= 0.6 is 0 Å². The number of carbonyl (C=O) groups excluding carboxylic acids is 1. The summed E-state index contributed by atoms with van der Waals surface area (Å²) < 4.78 is 0. The van der Waals surface area contributed by atoms with Crippen LogP contribution in [0.1, 0.15) is 32.6 Å². The zero-order valence-corrected chi connectivity index (χ0v) is 9.82. The molecule has 0 aliphatic carbocycles. The average Bonchev–Trinajstić information content (AvgIpc) is 2.13. The second kappa shape index (κ2) is 7.40. The highest BCUT2D eigenvalue weighted by atomic mass is 16.4. The minimum Gasteiger partial charge on any atom is -0.481 e. The van der Waals surface area contributed by atoms with Crippen molar-refractivity contribution in [3.8, 4) is 0 Å². The van der Waals surface area contributed by atoms with Gasteiger partial charge in [-0.1, -0.05) is 6.92 Å². The first-order valence-electron chi connectivity index (χ1n) is 5.36. The van der Waals surface area contributed by atoms with Crippen LogP contribution in [0.2, 0.25) is 0 Å². The third-order valence-electron chi connectivity index (χ3n) is 2.38. The molecule has 1 N–H and O–H groups in total. The summed E-state index contributed by atoms with van der Waals surface area (Å²) in [5.74, 6) is -1.30. The fourth-order valence-corrected chi connectivity index (χ4v) is 1.38. The molecule has 0 radical (unpaired) electrons. The van der Waals surface area contributed by atoms with E-state index in [-0.39, 0.29) is 12.2 Å². The van der Waals surface area contributed by atoms with E-state index >= 15 is 0 Å². The van der Waals surface area contributed by atoms with Gasteiger partial charge in [0, 0.05) is 12.8 Å². The van der Waals surface area contributed by atoms with Crippen molar-refractivity contribution in [1.29, 1.82) is 0 Å². The van der Waals surface area contributed by atoms with Gasteiger partial charge < -0.3 is 10.0 Å². The molecule has 4 heteroatoms. The van der Waals surface area contributed by atoms with Gasteiger partial charge >= 0.3 is 5.97 Å². The molecule has 0 fully saturated rings. The Bertz CT molecular complexity index is 214. The molecule has 0 amide bonds. The standard InChI is InChI=1S/C11H21NO3/c1-4-9(11(14)15)8-10(13)6-5-7-12(2)3/h9H,4-8H2,1-3H3,(H,14,15)/t9-/m1/s1. The Morgan fingerprint density at radius 1 is 1.33 bits per heavy atom. The van der Waals surface area contributed by atoms with Crippen LogP contribution in [-0.4, -0.2) is 42.4 Å². The van der Waals surface area contributed by atoms with Gasteiger partial charge in [-0.15, -0.1) is 0 Å². The Hall–Kier alpha value is -0.900. The topological polar surface area (TPSA) is 57.6 Å². The van der Waals surface area contributed by atoms with Gasteiger partial charge in [0.25, 0.3) is 0 Å². The fourth-order valence-electron chi connectivity index (χ4n) is 1.38. The van der Waals surface area contributed by atoms with Crippen LogP contribution in [0.25, 0.3) is 0 Å². The summed E-state index contributed by atoms with van der Waals surface area (Å²) in [6, 6.07) is 0. The normalized spacial score (nSPS) is 12.8. The Morgan fingerprint density at radius 3 is 2.33 bits per heavy atom. The molecule has 0 aliphatic rings. The SMILES string of the molecule is CC[C@H](CC(=O)CCCN(C)C)C(=O)O. The van der Waals surface area contributed by atoms with Gasteiger partial charge in [0.05, 0.1) is 5.92 Å². The van der Waals surface area contributed by atoms with Gasteiger partial charge in [0.1, 0.15) is 5.78 Å². The smallest absolute Gasteiger partial charge is 0.306 e. The minimum atomic E-state index is -0.863. The second-order valence-corrected chi connectivity index (χ2v) is 4.09. The van der Waals surface area contributed by atoms with Crippen LogP contribution in [0, 0.1) is 5.92 Å². The molecule has 0 bridgehead atoms. The number of ketones is 1. The van der Waals surface area contributed by atoms with Crippen LogP contribution in [0.15, 0.2) is 0 Å². The summed E-state index contributed by atoms with van der Waals surface area (Å²) >= 11 is 0. The molecule has 0 unspecified atom stereocenters. The lowest BCUT2D eigenvalue weighted by Crippen LogP contribution is -2.18. The molecule has 0 saturated heterocycles. The first-order chi connectivity index (χ1) is 6.97. The molecule has 0 rings (SSSR count). The number of hydrogen-bond acceptors (Lipinski definition) is 3. The summed E-state index contributed by atoms with van der Waals surface area (Å²) in [6.45, 7) is 2.67. The van der Waals surface area contributed by atoms with E-state index in [4.69, 9.17) is 5.11 Å². The van der Waals surface area contributed by atoms with Crippen LogP contribution in [0.4, 0.5) is 0 Å². The predicted octanol–water partition coefficient (Wildman–Crippen LogP) is 1.40. The zero-order chi connectivity index (χ0) is 11.8. The van der Waals surface area contributed by atoms with E-state index in [1.807, 2.05) is 19.0 Å². The maximum absolute atomic E-state index is 11.4. The first-order valence-corrected chi connectivity index (χ1v) is 5.36. The molecule has 0 aromatic carbocycles. The van der Waals surface area contributed by atoms with Crippen LogP contribution in [0.5, 0.6) is 0 Å². The highest BCUT2D eigenvalue weighted by molar-refractivity contribution is 5.83. The van der Waals surface area contributed by atoms with Crippen LogP contribution < -0.4 is 0 Å². The number of hydrogen-bond donors (Lipinski definition) is 1. The number of nitrogens with zero attached hydrogens (tertiary/aromatic N) is 1. The van der Waals surface area contributed by atoms with E-state index in [1.165, 1.54) is 0 Å². The molecule has 4 nitrogen and oxygen atoms in total. The molecular formula is C11H21NO3. The van der Waals surface area contributed by atoms with Gasteiger partial charge in [0.2, 0.25) is 0 Å². The number of carboxylic acid groups (broad SMARTS) is 1. The van der Waals surface area contributed by atoms with E-state index in [0.29, 0.717) is 12.8 Å². The number of aliphatic carboxylic acids is 1. The monoisotopic (exact) mass is 215 g/mol. The lowest BCUT2D eigenvalue weighted by molar-refractivity contribution is -0.143. The van der Waals surface area contributed by atoms with Crippen LogP contribution in [-0.2, 0) is 9.59 Å². The van der Waals surface area contributed by atoms with Crippen molar-refractivity contribution in [2.24, 2.45) is 5.92 Å². The molecule has 1 atom stereocenters. The van der Waals surface area contributed by atoms with E-state index in [9.17, 15) is 9.59 Å². The lowest BCUT2D eigenvalue weighted by atomic mass is 9.98. The van der Waals surface area contributed by atoms with Gasteiger partial charge in [-0.2, -0.15) is 0 Å². The highest BCUT2D eigenvalue weighted by Gasteiger charge is 2.18. The van der Waals surface area contributed by atoms with Crippen molar-refractivity contribution in [3.63, 3.8) is 0 Å². The Morgan fingerprint density at radius 2 is 1.93 bits per heavy atom. The molecule has 0 saturated carbocycles. The number of carboxylic acids is 1. The van der Waals surface area contributed by atoms with Crippen molar-refractivity contribution in [2.45, 2.75) is 32.6 Å². The van der Waals surface area contributed by atoms with Crippen molar-refractivity contribution < 1.29 is 14.7 Å². The van der Waals surface area contributed by atoms with E-state index in [2.05, 4.69) is 0 Å². The highest BCUT2D eigenvalue weighted by Crippen LogP contribution is 2.11. The molecule has 0 spiro atoms. The summed E-state index contributed by atoms with van der Waals surface area (Å²) in [7, 11) is 3.91. The molecule has 0 aromatic heterocycles. The molecule has 0 aliphatic heterocycles. The van der Waals surface area contributed by atoms with Crippen LogP contribution in [0.3, 0.4) is 0 Å². The van der Waals surface area contributed by atoms with Crippen molar-refractivity contribution >= 4 is 11.8 Å². The lowest BCUT2D eigenvalue weighted by Gasteiger charge is -2.10. The van der Waals surface area contributed by atoms with Crippen molar-refractivity contribution in [1.82, 2.24) is 4.90 Å². The number of carbonyl (C=O) groups is 2. The quantitative estimate of drug-likeness (QED) is 0.665. The predicted molar refractivity (Wildman–Crippen MR) is 58.8 cm³/mol. The minimum absolute atomic E-state index is 0.0612. The van der Waals surface area contributed by atoms with Crippen molar-refractivity contribution in [2.75, 3.05) is 20.6 Å². The van der Waals surface area contributed by atoms with E-state index in [0.717, 1.165) is 13.0 Å². The summed E-state index contributed by atoms with van der Waals surface area (Å²) in [4.78, 5) is 24.1. The summed E-state index contributed by atoms with van der Waals surface area (Å²) in [6.07, 6.45) is 2.00. The summed E-state index contributed by atoms with van der Waals surface area (Å²) in [5, 5.41) is 8.78. The average molecular weight is 215 g/mol. The van der Waals surface area contributed by atoms with Gasteiger partial charge in [0.15, 0.2) is 0 Å². The second-order valence-electron chi connectivity index (χ2n) is 4.09. The molecular weight excluding hydrogens is 194 g/mol. The number of rotatable bonds is 8. The van der Waals surface area contributed by atoms with Gasteiger partial charge in [-0.05, 0) is 33.5 Å². The molecule has 0 heterocycles. The third kappa shape index (κ3) is 7.08. The third-order valence-corrected chi connectivity index (χ3v) is 2.38. The number of Topliss-reactive ketones (excluding diaryl/α,β-unsaturated/α-hetero) is 1. The van der Waals surface area contributed by atoms with Gasteiger partial charge in [-0.25, -0.2) is 0 Å². The Kier molecular flexibility index (Phi) is 6.96. The largest absolute Gasteiger partial charge is 0.481 e. The maximum Gasteiger partial charge on any atom is 0.306 e. The molecule has 0 aromatic rings. The summed E-state index contributed by atoms with van der Waals surface area (Å²) in [5.41, 5.74) is 0. The van der Waals surface area contributed by atoms with Gasteiger partial charge in [-0.3, -0.25) is 9.59 Å². The fraction of sp³-hybridized carbons (Fsp3) is 0.818. The van der Waals surface area contributed by atoms with Crippen molar-refractivity contribution in [3.05, 3.63) is 0 Å². The maximum atomic E-state index is 11.4. The Labute approximate surface area is 91.3 Å². The molecule has 15 heavy (non-hydrogen) atoms. The zero-order valence-electron chi connectivity index (χ0n) is 9.82.